The van der Waals surface area contributed by atoms with Gasteiger partial charge >= 0.3 is 0 Å². The van der Waals surface area contributed by atoms with E-state index in [4.69, 9.17) is 7.07 Å². The van der Waals surface area contributed by atoms with E-state index in [0.717, 1.165) is 67.3 Å². The Morgan fingerprint density at radius 3 is 0.894 bits per heavy atom. The Bertz CT molecular complexity index is 2180. The molecular formula is C42H31BN3P. The molecule has 0 amide bonds. The van der Waals surface area contributed by atoms with Gasteiger partial charge in [-0.05, 0) is 135 Å². The molecule has 0 aliphatic carbocycles. The Kier molecular flexibility index (Phi) is 9.61. The Labute approximate surface area is 281 Å². The van der Waals surface area contributed by atoms with Gasteiger partial charge in [-0.15, -0.1) is 0 Å². The quantitative estimate of drug-likeness (QED) is 0.0798. The Hall–Kier alpha value is -6.11. The van der Waals surface area contributed by atoms with Crippen LogP contribution in [0.15, 0.2) is 146 Å². The first-order valence-electron chi connectivity index (χ1n) is 15.7. The molecule has 0 heterocycles. The van der Waals surface area contributed by atoms with Crippen molar-refractivity contribution >= 4 is 50.0 Å². The van der Waals surface area contributed by atoms with Crippen molar-refractivity contribution in [3.05, 3.63) is 179 Å². The maximum atomic E-state index is 7.76. The van der Waals surface area contributed by atoms with Crippen LogP contribution in [0.3, 0.4) is 0 Å². The summed E-state index contributed by atoms with van der Waals surface area (Å²) in [5, 5.41) is 6.86. The van der Waals surface area contributed by atoms with Crippen molar-refractivity contribution in [1.29, 1.82) is 1.34 Å². The van der Waals surface area contributed by atoms with Gasteiger partial charge in [0.1, 0.15) is 0 Å². The topological polar surface area (TPSA) is 50.1 Å². The highest BCUT2D eigenvalue weighted by Crippen LogP contribution is 2.19. The van der Waals surface area contributed by atoms with Crippen molar-refractivity contribution in [2.75, 3.05) is 16.4 Å². The summed E-state index contributed by atoms with van der Waals surface area (Å²) in [6.45, 7) is -0.311. The van der Waals surface area contributed by atoms with Gasteiger partial charge in [0.2, 0.25) is 0 Å². The lowest BCUT2D eigenvalue weighted by atomic mass is 9.93. The van der Waals surface area contributed by atoms with E-state index in [1.165, 1.54) is 0 Å². The summed E-state index contributed by atoms with van der Waals surface area (Å²) in [5.41, 5.74) is 17.0. The van der Waals surface area contributed by atoms with Gasteiger partial charge in [-0.3, -0.25) is 0 Å². The van der Waals surface area contributed by atoms with Crippen LogP contribution >= 0.6 is 9.12 Å². The predicted octanol–water partition coefficient (Wildman–Crippen LogP) is 7.81. The van der Waals surface area contributed by atoms with E-state index in [-0.39, 0.29) is 6.96 Å². The lowest BCUT2D eigenvalue weighted by Crippen LogP contribution is -2.06. The first-order valence-corrected chi connectivity index (χ1v) is 15.8. The molecule has 0 bridgehead atoms. The van der Waals surface area contributed by atoms with Gasteiger partial charge in [0.05, 0.1) is 0 Å². The smallest absolute Gasteiger partial charge is 0.180 e. The SMILES string of the molecule is [2H]B(P)c1ccc(C#Cc2ccc(Nc3ccc(C#Cc4ccc(Nc5ccc(C#Cc6ccc(N)cc6)cc5)cc4)cc3)cc2)cc1. The van der Waals surface area contributed by atoms with Crippen LogP contribution in [0.4, 0.5) is 28.4 Å². The molecule has 3 nitrogen and oxygen atoms in total. The molecular weight excluding hydrogens is 588 g/mol. The molecule has 6 aromatic carbocycles. The van der Waals surface area contributed by atoms with Crippen LogP contribution in [0.2, 0.25) is 0 Å². The third-order valence-electron chi connectivity index (χ3n) is 7.18. The van der Waals surface area contributed by atoms with Crippen molar-refractivity contribution in [3.8, 4) is 35.5 Å². The fraction of sp³-hybridized carbons (Fsp3) is 0. The highest BCUT2D eigenvalue weighted by atomic mass is 31.0. The zero-order chi connectivity index (χ0) is 33.1. The second-order valence-electron chi connectivity index (χ2n) is 10.7. The summed E-state index contributed by atoms with van der Waals surface area (Å²) in [7, 11) is 2.49. The number of nitrogen functional groups attached to an aromatic ring is 1. The first kappa shape index (κ1) is 29.6. The number of nitrogens with two attached hydrogens (primary N) is 1. The van der Waals surface area contributed by atoms with Gasteiger partial charge in [-0.2, -0.15) is 9.12 Å². The molecule has 6 rings (SSSR count). The standard InChI is InChI=1S/C42H31BN3P/c44-38-21-9-32(10-22-38)2-4-34-13-25-40(26-14-34)46-42-29-17-36(18-30-42)6-5-35-15-27-41(28-16-35)45-39-23-11-33(12-24-39)3-1-31-7-19-37(43-47)20-8-31/h7-30,43,45-46H,44,47H2/i43D. The minimum absolute atomic E-state index is 0.311. The largest absolute Gasteiger partial charge is 0.399 e. The molecule has 47 heavy (non-hydrogen) atoms. The molecule has 0 radical (unpaired) electrons. The van der Waals surface area contributed by atoms with Crippen LogP contribution in [0.5, 0.6) is 0 Å². The molecule has 0 fully saturated rings. The highest BCUT2D eigenvalue weighted by molar-refractivity contribution is 7.58. The highest BCUT2D eigenvalue weighted by Gasteiger charge is 1.98. The molecule has 1 unspecified atom stereocenters. The summed E-state index contributed by atoms with van der Waals surface area (Å²) in [5.74, 6) is 19.3. The lowest BCUT2D eigenvalue weighted by Gasteiger charge is -2.07. The first-order chi connectivity index (χ1) is 23.4. The van der Waals surface area contributed by atoms with Crippen LogP contribution in [0.25, 0.3) is 0 Å². The molecule has 1 atom stereocenters. The third kappa shape index (κ3) is 9.20. The van der Waals surface area contributed by atoms with Crippen LogP contribution < -0.4 is 21.8 Å². The summed E-state index contributed by atoms with van der Waals surface area (Å²) in [6.07, 6.45) is 0. The van der Waals surface area contributed by atoms with E-state index in [0.29, 0.717) is 0 Å². The summed E-state index contributed by atoms with van der Waals surface area (Å²) >= 11 is 0. The van der Waals surface area contributed by atoms with Crippen molar-refractivity contribution in [2.24, 2.45) is 0 Å². The second-order valence-corrected chi connectivity index (χ2v) is 11.1. The predicted molar refractivity (Wildman–Crippen MR) is 204 cm³/mol. The minimum atomic E-state index is -0.311. The molecule has 0 aliphatic rings. The number of benzene rings is 6. The summed E-state index contributed by atoms with van der Waals surface area (Å²) in [4.78, 5) is 0. The van der Waals surface area contributed by atoms with Crippen molar-refractivity contribution < 1.29 is 0 Å². The summed E-state index contributed by atoms with van der Waals surface area (Å²) in [6, 6.07) is 47.6. The van der Waals surface area contributed by atoms with E-state index < -0.39 is 0 Å². The molecule has 5 heteroatoms. The van der Waals surface area contributed by atoms with E-state index >= 15 is 0 Å². The van der Waals surface area contributed by atoms with Gasteiger partial charge in [-0.25, -0.2) is 0 Å². The molecule has 0 saturated heterocycles. The van der Waals surface area contributed by atoms with Crippen molar-refractivity contribution in [3.63, 3.8) is 0 Å². The third-order valence-corrected chi connectivity index (χ3v) is 7.57. The number of nitrogens with one attached hydrogen (secondary N) is 2. The Balaban J connectivity index is 0.995. The van der Waals surface area contributed by atoms with Crippen LogP contribution in [-0.4, -0.2) is 8.30 Å². The molecule has 0 spiro atoms. The van der Waals surface area contributed by atoms with Gasteiger partial charge in [-0.1, -0.05) is 53.1 Å². The summed E-state index contributed by atoms with van der Waals surface area (Å²) < 4.78 is 7.76. The monoisotopic (exact) mass is 620 g/mol. The molecule has 4 N–H and O–H groups in total. The Morgan fingerprint density at radius 1 is 0.404 bits per heavy atom. The zero-order valence-corrected chi connectivity index (χ0v) is 26.7. The van der Waals surface area contributed by atoms with Crippen LogP contribution in [0, 0.1) is 35.5 Å². The average Bonchev–Trinajstić information content (AvgIpc) is 3.12. The molecule has 0 aliphatic heterocycles. The number of hydrogen-bond donors (Lipinski definition) is 3. The normalized spacial score (nSPS) is 10.1. The lowest BCUT2D eigenvalue weighted by molar-refractivity contribution is 1.52. The molecule has 0 aromatic heterocycles. The fourth-order valence-electron chi connectivity index (χ4n) is 4.56. The fourth-order valence-corrected chi connectivity index (χ4v) is 4.78. The minimum Gasteiger partial charge on any atom is -0.399 e. The number of anilines is 5. The molecule has 222 valence electrons. The van der Waals surface area contributed by atoms with Crippen molar-refractivity contribution in [1.82, 2.24) is 0 Å². The zero-order valence-electron chi connectivity index (χ0n) is 26.6. The van der Waals surface area contributed by atoms with Crippen LogP contribution in [-0.2, 0) is 0 Å². The number of hydrogen-bond acceptors (Lipinski definition) is 3. The maximum absolute atomic E-state index is 7.76. The second kappa shape index (κ2) is 15.3. The molecule has 0 saturated carbocycles. The Morgan fingerprint density at radius 2 is 0.638 bits per heavy atom. The van der Waals surface area contributed by atoms with Gasteiger partial charge in [0.25, 0.3) is 0 Å². The van der Waals surface area contributed by atoms with E-state index in [1.54, 1.807) is 0 Å². The molecule has 6 aromatic rings. The van der Waals surface area contributed by atoms with E-state index in [9.17, 15) is 0 Å². The van der Waals surface area contributed by atoms with Crippen molar-refractivity contribution in [2.45, 2.75) is 0 Å². The number of rotatable bonds is 5. The maximum Gasteiger partial charge on any atom is 0.180 e. The average molecular weight is 621 g/mol. The van der Waals surface area contributed by atoms with Crippen LogP contribution in [0.1, 0.15) is 33.4 Å². The van der Waals surface area contributed by atoms with E-state index in [2.05, 4.69) is 55.3 Å². The van der Waals surface area contributed by atoms with Gasteiger partial charge < -0.3 is 16.4 Å². The van der Waals surface area contributed by atoms with Gasteiger partial charge in [0, 0.05) is 61.8 Å². The van der Waals surface area contributed by atoms with Gasteiger partial charge in [0.15, 0.2) is 6.96 Å². The van der Waals surface area contributed by atoms with E-state index in [1.807, 2.05) is 146 Å².